The van der Waals surface area contributed by atoms with Crippen molar-refractivity contribution in [3.63, 3.8) is 0 Å². The number of hydrogen-bond donors (Lipinski definition) is 0. The summed E-state index contributed by atoms with van der Waals surface area (Å²) in [5.74, 6) is -0.342. The molecule has 0 bridgehead atoms. The summed E-state index contributed by atoms with van der Waals surface area (Å²) in [6.07, 6.45) is 8.74. The van der Waals surface area contributed by atoms with Crippen LogP contribution in [0.4, 0.5) is 0 Å². The van der Waals surface area contributed by atoms with Gasteiger partial charge in [0.25, 0.3) is 0 Å². The molecule has 0 atom stereocenters. The molecule has 0 aliphatic rings. The van der Waals surface area contributed by atoms with Crippen molar-refractivity contribution >= 4 is 5.97 Å². The summed E-state index contributed by atoms with van der Waals surface area (Å²) in [5.41, 5.74) is 1.87. The van der Waals surface area contributed by atoms with Gasteiger partial charge in [0.2, 0.25) is 0 Å². The van der Waals surface area contributed by atoms with Crippen molar-refractivity contribution in [2.75, 3.05) is 20.7 Å². The van der Waals surface area contributed by atoms with Gasteiger partial charge in [0.1, 0.15) is 0 Å². The Morgan fingerprint density at radius 1 is 1.29 bits per heavy atom. The smallest absolute Gasteiger partial charge is 0.330 e. The molecule has 0 unspecified atom stereocenters. The molecular formula is C14H21NO2. The van der Waals surface area contributed by atoms with Crippen molar-refractivity contribution in [2.45, 2.75) is 13.8 Å². The van der Waals surface area contributed by atoms with Gasteiger partial charge in [0.05, 0.1) is 6.61 Å². The molecule has 0 spiro atoms. The van der Waals surface area contributed by atoms with Crippen molar-refractivity contribution in [1.29, 1.82) is 0 Å². The predicted octanol–water partition coefficient (Wildman–Crippen LogP) is 2.68. The highest BCUT2D eigenvalue weighted by molar-refractivity contribution is 5.82. The lowest BCUT2D eigenvalue weighted by Crippen LogP contribution is -2.11. The van der Waals surface area contributed by atoms with Crippen molar-refractivity contribution in [2.24, 2.45) is 0 Å². The van der Waals surface area contributed by atoms with Gasteiger partial charge in [-0.2, -0.15) is 0 Å². The Kier molecular flexibility index (Phi) is 7.52. The SMILES string of the molecule is C=CC(/C=C/C(=O)OCC)=C(\C=C/C)N(C)C. The molecule has 0 saturated carbocycles. The summed E-state index contributed by atoms with van der Waals surface area (Å²) in [5, 5.41) is 0. The van der Waals surface area contributed by atoms with E-state index in [0.717, 1.165) is 11.3 Å². The van der Waals surface area contributed by atoms with E-state index in [1.165, 1.54) is 6.08 Å². The van der Waals surface area contributed by atoms with Crippen LogP contribution < -0.4 is 0 Å². The standard InChI is InChI=1S/C14H21NO2/c1-6-9-13(15(4)5)12(7-2)10-11-14(16)17-8-3/h6-7,9-11H,2,8H2,1,3-5H3/b9-6-,11-10+,13-12-. The Morgan fingerprint density at radius 3 is 2.35 bits per heavy atom. The topological polar surface area (TPSA) is 29.5 Å². The lowest BCUT2D eigenvalue weighted by molar-refractivity contribution is -0.137. The largest absolute Gasteiger partial charge is 0.463 e. The Labute approximate surface area is 104 Å². The van der Waals surface area contributed by atoms with Gasteiger partial charge in [-0.3, -0.25) is 0 Å². The van der Waals surface area contributed by atoms with E-state index in [1.54, 1.807) is 19.1 Å². The molecule has 0 rings (SSSR count). The average Bonchev–Trinajstić information content (AvgIpc) is 2.28. The summed E-state index contributed by atoms with van der Waals surface area (Å²) >= 11 is 0. The van der Waals surface area contributed by atoms with Crippen LogP contribution in [-0.2, 0) is 9.53 Å². The van der Waals surface area contributed by atoms with Gasteiger partial charge in [-0.05, 0) is 31.6 Å². The number of esters is 1. The first-order valence-electron chi connectivity index (χ1n) is 5.58. The van der Waals surface area contributed by atoms with E-state index in [0.29, 0.717) is 6.61 Å². The number of likely N-dealkylation sites (N-methyl/N-ethyl adjacent to an activating group) is 1. The van der Waals surface area contributed by atoms with Crippen LogP contribution in [0.1, 0.15) is 13.8 Å². The molecule has 0 aliphatic carbocycles. The van der Waals surface area contributed by atoms with E-state index < -0.39 is 0 Å². The average molecular weight is 235 g/mol. The first-order chi connectivity index (χ1) is 8.06. The van der Waals surface area contributed by atoms with Gasteiger partial charge in [0.15, 0.2) is 0 Å². The Balaban J connectivity index is 5.08. The summed E-state index contributed by atoms with van der Waals surface area (Å²) in [7, 11) is 3.88. The van der Waals surface area contributed by atoms with Crippen molar-refractivity contribution < 1.29 is 9.53 Å². The normalized spacial score (nSPS) is 12.7. The molecule has 3 nitrogen and oxygen atoms in total. The minimum atomic E-state index is -0.342. The van der Waals surface area contributed by atoms with E-state index in [4.69, 9.17) is 4.74 Å². The summed E-state index contributed by atoms with van der Waals surface area (Å²) in [6, 6.07) is 0. The highest BCUT2D eigenvalue weighted by Gasteiger charge is 2.01. The number of carbonyl (C=O) groups excluding carboxylic acids is 1. The molecule has 0 aliphatic heterocycles. The zero-order valence-electron chi connectivity index (χ0n) is 11.1. The van der Waals surface area contributed by atoms with Crippen LogP contribution in [0, 0.1) is 0 Å². The second kappa shape index (κ2) is 8.39. The van der Waals surface area contributed by atoms with Crippen LogP contribution in [-0.4, -0.2) is 31.6 Å². The molecule has 0 radical (unpaired) electrons. The van der Waals surface area contributed by atoms with Crippen LogP contribution in [0.5, 0.6) is 0 Å². The monoisotopic (exact) mass is 235 g/mol. The highest BCUT2D eigenvalue weighted by atomic mass is 16.5. The first-order valence-corrected chi connectivity index (χ1v) is 5.58. The Hall–Kier alpha value is -1.77. The van der Waals surface area contributed by atoms with Gasteiger partial charge in [-0.1, -0.05) is 18.7 Å². The van der Waals surface area contributed by atoms with Gasteiger partial charge in [-0.15, -0.1) is 0 Å². The fraction of sp³-hybridized carbons (Fsp3) is 0.357. The minimum Gasteiger partial charge on any atom is -0.463 e. The van der Waals surface area contributed by atoms with E-state index >= 15 is 0 Å². The van der Waals surface area contributed by atoms with E-state index in [-0.39, 0.29) is 5.97 Å². The predicted molar refractivity (Wildman–Crippen MR) is 71.5 cm³/mol. The van der Waals surface area contributed by atoms with Crippen molar-refractivity contribution in [1.82, 2.24) is 4.90 Å². The zero-order chi connectivity index (χ0) is 13.3. The minimum absolute atomic E-state index is 0.342. The molecule has 0 N–H and O–H groups in total. The second-order valence-corrected chi connectivity index (χ2v) is 3.52. The molecule has 0 heterocycles. The highest BCUT2D eigenvalue weighted by Crippen LogP contribution is 2.12. The molecule has 0 fully saturated rings. The Morgan fingerprint density at radius 2 is 1.94 bits per heavy atom. The van der Waals surface area contributed by atoms with E-state index in [1.807, 2.05) is 38.1 Å². The van der Waals surface area contributed by atoms with Crippen LogP contribution in [0.2, 0.25) is 0 Å². The first kappa shape index (κ1) is 15.2. The van der Waals surface area contributed by atoms with Crippen molar-refractivity contribution in [3.05, 3.63) is 48.2 Å². The molecule has 0 aromatic carbocycles. The molecular weight excluding hydrogens is 214 g/mol. The molecule has 0 amide bonds. The van der Waals surface area contributed by atoms with Crippen LogP contribution in [0.15, 0.2) is 48.2 Å². The van der Waals surface area contributed by atoms with Gasteiger partial charge in [0, 0.05) is 25.9 Å². The summed E-state index contributed by atoms with van der Waals surface area (Å²) < 4.78 is 4.82. The second-order valence-electron chi connectivity index (χ2n) is 3.52. The molecule has 0 saturated heterocycles. The third-order valence-electron chi connectivity index (χ3n) is 2.01. The van der Waals surface area contributed by atoms with Gasteiger partial charge < -0.3 is 9.64 Å². The molecule has 3 heteroatoms. The lowest BCUT2D eigenvalue weighted by Gasteiger charge is -2.16. The summed E-state index contributed by atoms with van der Waals surface area (Å²) in [6.45, 7) is 7.85. The maximum atomic E-state index is 11.2. The van der Waals surface area contributed by atoms with E-state index in [9.17, 15) is 4.79 Å². The zero-order valence-corrected chi connectivity index (χ0v) is 11.1. The van der Waals surface area contributed by atoms with Crippen LogP contribution >= 0.6 is 0 Å². The van der Waals surface area contributed by atoms with Gasteiger partial charge >= 0.3 is 5.97 Å². The summed E-state index contributed by atoms with van der Waals surface area (Å²) in [4.78, 5) is 13.2. The number of allylic oxidation sites excluding steroid dienone is 5. The number of hydrogen-bond acceptors (Lipinski definition) is 3. The third kappa shape index (κ3) is 5.76. The van der Waals surface area contributed by atoms with Crippen LogP contribution in [0.25, 0.3) is 0 Å². The number of rotatable bonds is 6. The maximum absolute atomic E-state index is 11.2. The number of carbonyl (C=O) groups is 1. The quantitative estimate of drug-likeness (QED) is 0.403. The molecule has 94 valence electrons. The third-order valence-corrected chi connectivity index (χ3v) is 2.01. The number of nitrogens with zero attached hydrogens (tertiary/aromatic N) is 1. The Bertz CT molecular complexity index is 349. The van der Waals surface area contributed by atoms with Crippen molar-refractivity contribution in [3.8, 4) is 0 Å². The molecule has 0 aromatic heterocycles. The fourth-order valence-electron chi connectivity index (χ4n) is 1.27. The van der Waals surface area contributed by atoms with Gasteiger partial charge in [-0.25, -0.2) is 4.79 Å². The van der Waals surface area contributed by atoms with E-state index in [2.05, 4.69) is 6.58 Å². The maximum Gasteiger partial charge on any atom is 0.330 e. The number of ether oxygens (including phenoxy) is 1. The fourth-order valence-corrected chi connectivity index (χ4v) is 1.27. The molecule has 0 aromatic rings. The van der Waals surface area contributed by atoms with Crippen LogP contribution in [0.3, 0.4) is 0 Å². The lowest BCUT2D eigenvalue weighted by atomic mass is 10.1. The molecule has 17 heavy (non-hydrogen) atoms.